The van der Waals surface area contributed by atoms with E-state index in [9.17, 15) is 43.8 Å². The Morgan fingerprint density at radius 3 is 2.48 bits per heavy atom. The number of carbonyl (C=O) groups excluding carboxylic acids is 4. The number of phenolic OH excluding ortho intramolecular Hbond substituents is 1. The van der Waals surface area contributed by atoms with E-state index in [4.69, 9.17) is 4.74 Å². The third-order valence-electron chi connectivity index (χ3n) is 5.76. The Morgan fingerprint density at radius 1 is 1.15 bits per heavy atom. The van der Waals surface area contributed by atoms with Crippen molar-refractivity contribution < 1.29 is 38.9 Å². The van der Waals surface area contributed by atoms with E-state index in [0.29, 0.717) is 0 Å². The van der Waals surface area contributed by atoms with Gasteiger partial charge in [0.15, 0.2) is 0 Å². The van der Waals surface area contributed by atoms with Crippen LogP contribution >= 0.6 is 11.8 Å². The van der Waals surface area contributed by atoms with Gasteiger partial charge in [-0.05, 0) is 23.8 Å². The van der Waals surface area contributed by atoms with E-state index in [1.165, 1.54) is 37.3 Å². The summed E-state index contributed by atoms with van der Waals surface area (Å²) in [6.07, 6.45) is 2.24. The molecule has 3 heterocycles. The molecule has 7 N–H and O–H groups in total. The minimum atomic E-state index is -1.44. The fourth-order valence-electron chi connectivity index (χ4n) is 3.92. The molecule has 0 radical (unpaired) electrons. The van der Waals surface area contributed by atoms with Gasteiger partial charge in [0.1, 0.15) is 41.2 Å². The van der Waals surface area contributed by atoms with E-state index in [1.54, 1.807) is 0 Å². The monoisotopic (exact) mass is 574 g/mol. The highest BCUT2D eigenvalue weighted by Crippen LogP contribution is 2.41. The van der Waals surface area contributed by atoms with Crippen LogP contribution in [0.3, 0.4) is 0 Å². The van der Waals surface area contributed by atoms with Crippen LogP contribution in [-0.4, -0.2) is 78.1 Å². The number of hydrogen-bond acceptors (Lipinski definition) is 10. The van der Waals surface area contributed by atoms with Gasteiger partial charge in [-0.3, -0.25) is 29.1 Å². The number of carboxylic acid groups (broad SMARTS) is 1. The topological polar surface area (TPSA) is 240 Å². The Kier molecular flexibility index (Phi) is 7.94. The molecule has 0 saturated carbocycles. The second-order valence-electron chi connectivity index (χ2n) is 8.53. The number of urea groups is 1. The summed E-state index contributed by atoms with van der Waals surface area (Å²) in [4.78, 5) is 90.1. The molecule has 2 aliphatic heterocycles. The number of H-pyrrole nitrogens is 2. The first-order valence-electron chi connectivity index (χ1n) is 11.5. The molecule has 2 unspecified atom stereocenters. The quantitative estimate of drug-likeness (QED) is 0.148. The highest BCUT2D eigenvalue weighted by molar-refractivity contribution is 8.00. The molecule has 0 bridgehead atoms. The smallest absolute Gasteiger partial charge is 0.352 e. The molecule has 1 aromatic carbocycles. The number of esters is 1. The van der Waals surface area contributed by atoms with Crippen LogP contribution in [0.15, 0.2) is 51.8 Å². The number of phenols is 1. The van der Waals surface area contributed by atoms with Crippen molar-refractivity contribution in [3.05, 3.63) is 68.6 Å². The first-order valence-corrected chi connectivity index (χ1v) is 12.4. The minimum Gasteiger partial charge on any atom is -0.508 e. The van der Waals surface area contributed by atoms with Crippen LogP contribution in [-0.2, 0) is 23.9 Å². The number of amides is 4. The van der Waals surface area contributed by atoms with Gasteiger partial charge in [-0.15, -0.1) is 11.8 Å². The summed E-state index contributed by atoms with van der Waals surface area (Å²) >= 11 is 1.10. The van der Waals surface area contributed by atoms with Crippen LogP contribution in [0.5, 0.6) is 5.75 Å². The number of carbonyl (C=O) groups is 5. The van der Waals surface area contributed by atoms with Gasteiger partial charge < -0.3 is 35.9 Å². The molecule has 0 aliphatic carbocycles. The number of benzene rings is 1. The third-order valence-corrected chi connectivity index (χ3v) is 7.14. The first kappa shape index (κ1) is 28.0. The Hall–Kier alpha value is -5.06. The van der Waals surface area contributed by atoms with Crippen molar-refractivity contribution in [2.75, 3.05) is 11.9 Å². The molecule has 210 valence electrons. The van der Waals surface area contributed by atoms with Gasteiger partial charge in [-0.25, -0.2) is 14.4 Å². The number of hydrogen-bond donors (Lipinski definition) is 7. The minimum absolute atomic E-state index is 0.123. The van der Waals surface area contributed by atoms with Crippen LogP contribution in [0.1, 0.15) is 18.5 Å². The standard InChI is InChI=1S/C23H22N6O10S/c1-9(30)39-8-12-6-14(21(35)36)29-19(34)16(20(29)40-12)26-18(33)15(10-2-4-11(31)5-3-10)27-23(38)25-13-7-24-22(37)28-17(13)32/h2-7,12,15-16,20,31H,8H2,1H3,(H,26,33)(H,35,36)(H2,25,27,38)(H2,24,28,32,37)/t12?,15-,16?,20-/m1/s1. The zero-order chi connectivity index (χ0) is 29.1. The lowest BCUT2D eigenvalue weighted by Gasteiger charge is -2.49. The summed E-state index contributed by atoms with van der Waals surface area (Å²) < 4.78 is 4.97. The number of aromatic hydroxyl groups is 1. The van der Waals surface area contributed by atoms with E-state index in [1.807, 2.05) is 4.98 Å². The zero-order valence-electron chi connectivity index (χ0n) is 20.5. The fourth-order valence-corrected chi connectivity index (χ4v) is 5.32. The summed E-state index contributed by atoms with van der Waals surface area (Å²) in [5, 5.41) is 24.8. The predicted octanol–water partition coefficient (Wildman–Crippen LogP) is -1.07. The molecule has 1 aromatic heterocycles. The van der Waals surface area contributed by atoms with Crippen molar-refractivity contribution in [1.82, 2.24) is 25.5 Å². The van der Waals surface area contributed by atoms with Crippen LogP contribution < -0.4 is 27.2 Å². The van der Waals surface area contributed by atoms with Crippen LogP contribution in [0.2, 0.25) is 0 Å². The van der Waals surface area contributed by atoms with Gasteiger partial charge in [0.05, 0.1) is 5.25 Å². The van der Waals surface area contributed by atoms with Gasteiger partial charge >= 0.3 is 23.7 Å². The fraction of sp³-hybridized carbons (Fsp3) is 0.261. The number of aromatic nitrogens is 2. The molecule has 0 spiro atoms. The molecule has 1 saturated heterocycles. The number of carboxylic acids is 1. The number of aromatic amines is 2. The number of thioether (sulfide) groups is 1. The largest absolute Gasteiger partial charge is 0.508 e. The number of rotatable bonds is 8. The van der Waals surface area contributed by atoms with Crippen LogP contribution in [0.4, 0.5) is 10.5 Å². The number of ether oxygens (including phenoxy) is 1. The van der Waals surface area contributed by atoms with Crippen molar-refractivity contribution in [1.29, 1.82) is 0 Å². The first-order chi connectivity index (χ1) is 18.9. The average molecular weight is 575 g/mol. The van der Waals surface area contributed by atoms with E-state index < -0.39 is 63.7 Å². The highest BCUT2D eigenvalue weighted by Gasteiger charge is 2.54. The third kappa shape index (κ3) is 5.98. The normalized spacial score (nSPS) is 20.2. The highest BCUT2D eigenvalue weighted by atomic mass is 32.2. The second kappa shape index (κ2) is 11.4. The summed E-state index contributed by atoms with van der Waals surface area (Å²) in [7, 11) is 0. The molecule has 16 nitrogen and oxygen atoms in total. The van der Waals surface area contributed by atoms with E-state index in [2.05, 4.69) is 20.9 Å². The number of fused-ring (bicyclic) bond motifs is 1. The van der Waals surface area contributed by atoms with E-state index in [0.717, 1.165) is 22.9 Å². The van der Waals surface area contributed by atoms with Crippen molar-refractivity contribution in [2.45, 2.75) is 29.6 Å². The molecular weight excluding hydrogens is 552 g/mol. The lowest BCUT2D eigenvalue weighted by Crippen LogP contribution is -2.71. The van der Waals surface area contributed by atoms with Gasteiger partial charge in [0.25, 0.3) is 11.5 Å². The van der Waals surface area contributed by atoms with Crippen molar-refractivity contribution in [3.63, 3.8) is 0 Å². The van der Waals surface area contributed by atoms with E-state index in [-0.39, 0.29) is 29.3 Å². The Balaban J connectivity index is 1.53. The molecule has 2 aromatic rings. The molecule has 17 heteroatoms. The molecule has 4 rings (SSSR count). The maximum absolute atomic E-state index is 13.4. The van der Waals surface area contributed by atoms with Crippen molar-refractivity contribution >= 4 is 47.2 Å². The van der Waals surface area contributed by atoms with Crippen LogP contribution in [0, 0.1) is 0 Å². The van der Waals surface area contributed by atoms with Gasteiger partial charge in [-0.1, -0.05) is 12.1 Å². The lowest BCUT2D eigenvalue weighted by molar-refractivity contribution is -0.151. The summed E-state index contributed by atoms with van der Waals surface area (Å²) in [5.41, 5.74) is -2.15. The molecule has 4 amide bonds. The van der Waals surface area contributed by atoms with Gasteiger partial charge in [0.2, 0.25) is 5.91 Å². The van der Waals surface area contributed by atoms with Crippen LogP contribution in [0.25, 0.3) is 0 Å². The van der Waals surface area contributed by atoms with Gasteiger partial charge in [-0.2, -0.15) is 0 Å². The zero-order valence-corrected chi connectivity index (χ0v) is 21.3. The number of nitrogens with one attached hydrogen (secondary N) is 5. The lowest BCUT2D eigenvalue weighted by atomic mass is 10.0. The van der Waals surface area contributed by atoms with Crippen molar-refractivity contribution in [3.8, 4) is 5.75 Å². The molecule has 4 atom stereocenters. The Bertz CT molecular complexity index is 1520. The average Bonchev–Trinajstić information content (AvgIpc) is 2.90. The maximum atomic E-state index is 13.4. The molecule has 40 heavy (non-hydrogen) atoms. The van der Waals surface area contributed by atoms with Gasteiger partial charge in [0, 0.05) is 13.1 Å². The second-order valence-corrected chi connectivity index (χ2v) is 9.89. The predicted molar refractivity (Wildman–Crippen MR) is 137 cm³/mol. The maximum Gasteiger partial charge on any atom is 0.352 e. The Morgan fingerprint density at radius 2 is 1.85 bits per heavy atom. The summed E-state index contributed by atoms with van der Waals surface area (Å²) in [6.45, 7) is 1.04. The summed E-state index contributed by atoms with van der Waals surface area (Å²) in [5.74, 6) is -3.65. The SMILES string of the molecule is CC(=O)OCC1C=C(C(=O)O)N2C(=O)C(NC(=O)[C@H](NC(=O)Nc3c[nH]c(=O)[nH]c3=O)c3ccc(O)cc3)[C@H]2S1. The Labute approximate surface area is 227 Å². The number of β-lactam (4-membered cyclic amide) rings is 1. The number of aliphatic carboxylic acids is 1. The van der Waals surface area contributed by atoms with Crippen molar-refractivity contribution in [2.24, 2.45) is 0 Å². The van der Waals surface area contributed by atoms with E-state index >= 15 is 0 Å². The molecule has 2 aliphatic rings. The molecular formula is C23H22N6O10S. The number of nitrogens with zero attached hydrogens (tertiary/aromatic N) is 1. The summed E-state index contributed by atoms with van der Waals surface area (Å²) in [6, 6.07) is 1.57. The number of anilines is 1. The molecule has 1 fully saturated rings.